The molecule has 0 radical (unpaired) electrons. The Bertz CT molecular complexity index is 462. The van der Waals surface area contributed by atoms with Crippen LogP contribution >= 0.6 is 15.9 Å². The molecule has 90 valence electrons. The van der Waals surface area contributed by atoms with E-state index in [0.717, 1.165) is 29.6 Å². The van der Waals surface area contributed by atoms with Gasteiger partial charge in [0, 0.05) is 4.47 Å². The quantitative estimate of drug-likeness (QED) is 0.832. The first kappa shape index (κ1) is 12.3. The second-order valence-electron chi connectivity index (χ2n) is 3.98. The first-order chi connectivity index (χ1) is 8.31. The average molecular weight is 294 g/mol. The van der Waals surface area contributed by atoms with Gasteiger partial charge in [0.05, 0.1) is 11.9 Å². The van der Waals surface area contributed by atoms with Crippen LogP contribution in [0.1, 0.15) is 12.0 Å². The van der Waals surface area contributed by atoms with Gasteiger partial charge in [-0.15, -0.1) is 0 Å². The molecule has 1 aromatic carbocycles. The van der Waals surface area contributed by atoms with Gasteiger partial charge in [0.15, 0.2) is 0 Å². The third kappa shape index (κ3) is 3.17. The number of halogens is 1. The zero-order valence-electron chi connectivity index (χ0n) is 9.83. The minimum absolute atomic E-state index is 1.03. The lowest BCUT2D eigenvalue weighted by Crippen LogP contribution is -2.08. The molecular formula is C13H16BrN3. The van der Waals surface area contributed by atoms with Gasteiger partial charge < -0.3 is 5.32 Å². The first-order valence-electron chi connectivity index (χ1n) is 5.74. The summed E-state index contributed by atoms with van der Waals surface area (Å²) in [7, 11) is 1.98. The van der Waals surface area contributed by atoms with Gasteiger partial charge in [-0.3, -0.25) is 5.10 Å². The van der Waals surface area contributed by atoms with Gasteiger partial charge in [0.2, 0.25) is 0 Å². The maximum Gasteiger partial charge on any atom is 0.0682 e. The van der Waals surface area contributed by atoms with Crippen LogP contribution in [0.25, 0.3) is 11.3 Å². The fraction of sp³-hybridized carbons (Fsp3) is 0.308. The minimum Gasteiger partial charge on any atom is -0.320 e. The van der Waals surface area contributed by atoms with Crippen LogP contribution in [-0.4, -0.2) is 23.8 Å². The van der Waals surface area contributed by atoms with Crippen molar-refractivity contribution in [1.82, 2.24) is 15.5 Å². The summed E-state index contributed by atoms with van der Waals surface area (Å²) in [4.78, 5) is 0. The summed E-state index contributed by atoms with van der Waals surface area (Å²) in [5, 5.41) is 10.4. The predicted molar refractivity (Wildman–Crippen MR) is 74.0 cm³/mol. The lowest BCUT2D eigenvalue weighted by molar-refractivity contribution is 0.725. The second kappa shape index (κ2) is 5.98. The highest BCUT2D eigenvalue weighted by molar-refractivity contribution is 9.10. The lowest BCUT2D eigenvalue weighted by atomic mass is 10.0. The highest BCUT2D eigenvalue weighted by atomic mass is 79.9. The summed E-state index contributed by atoms with van der Waals surface area (Å²) < 4.78 is 1.09. The number of rotatable bonds is 5. The van der Waals surface area contributed by atoms with E-state index in [1.165, 1.54) is 11.1 Å². The standard InChI is InChI=1S/C13H16BrN3/c1-15-8-2-3-11-9-16-17-13(11)10-4-6-12(14)7-5-10/h4-7,9,15H,2-3,8H2,1H3,(H,16,17). The van der Waals surface area contributed by atoms with Crippen molar-refractivity contribution < 1.29 is 0 Å². The molecule has 0 aliphatic heterocycles. The summed E-state index contributed by atoms with van der Waals surface area (Å²) in [5.74, 6) is 0. The molecular weight excluding hydrogens is 278 g/mol. The largest absolute Gasteiger partial charge is 0.320 e. The highest BCUT2D eigenvalue weighted by Crippen LogP contribution is 2.23. The molecule has 0 atom stereocenters. The smallest absolute Gasteiger partial charge is 0.0682 e. The van der Waals surface area contributed by atoms with Crippen LogP contribution in [0.5, 0.6) is 0 Å². The molecule has 0 unspecified atom stereocenters. The molecule has 0 aliphatic carbocycles. The van der Waals surface area contributed by atoms with Crippen LogP contribution in [0.2, 0.25) is 0 Å². The molecule has 1 heterocycles. The third-order valence-electron chi connectivity index (χ3n) is 2.72. The summed E-state index contributed by atoms with van der Waals surface area (Å²) in [6, 6.07) is 8.29. The van der Waals surface area contributed by atoms with Gasteiger partial charge in [-0.05, 0) is 49.7 Å². The van der Waals surface area contributed by atoms with Crippen LogP contribution in [0, 0.1) is 0 Å². The van der Waals surface area contributed by atoms with Crippen molar-refractivity contribution in [3.05, 3.63) is 40.5 Å². The molecule has 4 heteroatoms. The zero-order chi connectivity index (χ0) is 12.1. The van der Waals surface area contributed by atoms with Crippen molar-refractivity contribution in [2.75, 3.05) is 13.6 Å². The number of aryl methyl sites for hydroxylation is 1. The monoisotopic (exact) mass is 293 g/mol. The molecule has 2 N–H and O–H groups in total. The molecule has 0 aliphatic rings. The first-order valence-corrected chi connectivity index (χ1v) is 6.53. The normalized spacial score (nSPS) is 10.7. The van der Waals surface area contributed by atoms with Crippen LogP contribution < -0.4 is 5.32 Å². The van der Waals surface area contributed by atoms with Crippen molar-refractivity contribution in [2.45, 2.75) is 12.8 Å². The Morgan fingerprint density at radius 2 is 2.06 bits per heavy atom. The Kier molecular flexibility index (Phi) is 4.34. The van der Waals surface area contributed by atoms with Gasteiger partial charge >= 0.3 is 0 Å². The SMILES string of the molecule is CNCCCc1cn[nH]c1-c1ccc(Br)cc1. The van der Waals surface area contributed by atoms with E-state index in [2.05, 4.69) is 43.6 Å². The van der Waals surface area contributed by atoms with Crippen LogP contribution in [0.4, 0.5) is 0 Å². The van der Waals surface area contributed by atoms with Crippen molar-refractivity contribution in [3.8, 4) is 11.3 Å². The number of hydrogen-bond donors (Lipinski definition) is 2. The maximum absolute atomic E-state index is 4.14. The van der Waals surface area contributed by atoms with Crippen LogP contribution in [0.15, 0.2) is 34.9 Å². The predicted octanol–water partition coefficient (Wildman–Crippen LogP) is 2.99. The molecule has 1 aromatic heterocycles. The number of hydrogen-bond acceptors (Lipinski definition) is 2. The summed E-state index contributed by atoms with van der Waals surface area (Å²) in [6.45, 7) is 1.03. The number of aromatic nitrogens is 2. The van der Waals surface area contributed by atoms with Gasteiger partial charge in [0.25, 0.3) is 0 Å². The van der Waals surface area contributed by atoms with E-state index in [9.17, 15) is 0 Å². The van der Waals surface area contributed by atoms with Gasteiger partial charge in [-0.1, -0.05) is 28.1 Å². The fourth-order valence-corrected chi connectivity index (χ4v) is 2.09. The lowest BCUT2D eigenvalue weighted by Gasteiger charge is -2.03. The van der Waals surface area contributed by atoms with Gasteiger partial charge in [-0.2, -0.15) is 5.10 Å². The molecule has 2 rings (SSSR count). The van der Waals surface area contributed by atoms with Gasteiger partial charge in [0.1, 0.15) is 0 Å². The second-order valence-corrected chi connectivity index (χ2v) is 4.90. The van der Waals surface area contributed by atoms with E-state index in [4.69, 9.17) is 0 Å². The molecule has 0 fully saturated rings. The average Bonchev–Trinajstić information content (AvgIpc) is 2.79. The summed E-state index contributed by atoms with van der Waals surface area (Å²) in [5.41, 5.74) is 3.60. The zero-order valence-corrected chi connectivity index (χ0v) is 11.4. The van der Waals surface area contributed by atoms with Crippen LogP contribution in [0.3, 0.4) is 0 Å². The number of aromatic amines is 1. The van der Waals surface area contributed by atoms with Crippen molar-refractivity contribution in [2.24, 2.45) is 0 Å². The van der Waals surface area contributed by atoms with E-state index in [1.54, 1.807) is 0 Å². The molecule has 0 spiro atoms. The Hall–Kier alpha value is -1.13. The van der Waals surface area contributed by atoms with Crippen LogP contribution in [-0.2, 0) is 6.42 Å². The number of H-pyrrole nitrogens is 1. The summed E-state index contributed by atoms with van der Waals surface area (Å²) in [6.07, 6.45) is 4.09. The third-order valence-corrected chi connectivity index (χ3v) is 3.25. The summed E-state index contributed by atoms with van der Waals surface area (Å²) >= 11 is 3.44. The van der Waals surface area contributed by atoms with Gasteiger partial charge in [-0.25, -0.2) is 0 Å². The highest BCUT2D eigenvalue weighted by Gasteiger charge is 2.06. The Morgan fingerprint density at radius 3 is 2.76 bits per heavy atom. The maximum atomic E-state index is 4.14. The van der Waals surface area contributed by atoms with E-state index < -0.39 is 0 Å². The van der Waals surface area contributed by atoms with E-state index in [0.29, 0.717) is 0 Å². The molecule has 0 saturated carbocycles. The molecule has 0 bridgehead atoms. The Morgan fingerprint density at radius 1 is 1.29 bits per heavy atom. The van der Waals surface area contributed by atoms with Crippen molar-refractivity contribution in [3.63, 3.8) is 0 Å². The van der Waals surface area contributed by atoms with E-state index >= 15 is 0 Å². The molecule has 17 heavy (non-hydrogen) atoms. The topological polar surface area (TPSA) is 40.7 Å². The minimum atomic E-state index is 1.03. The van der Waals surface area contributed by atoms with Crippen molar-refractivity contribution in [1.29, 1.82) is 0 Å². The van der Waals surface area contributed by atoms with E-state index in [-0.39, 0.29) is 0 Å². The number of nitrogens with zero attached hydrogens (tertiary/aromatic N) is 1. The van der Waals surface area contributed by atoms with E-state index in [1.807, 2.05) is 25.4 Å². The molecule has 0 saturated heterocycles. The number of benzene rings is 1. The molecule has 0 amide bonds. The van der Waals surface area contributed by atoms with Crippen molar-refractivity contribution >= 4 is 15.9 Å². The Balaban J connectivity index is 2.15. The molecule has 3 nitrogen and oxygen atoms in total. The molecule has 2 aromatic rings. The fourth-order valence-electron chi connectivity index (χ4n) is 1.82. The Labute approximate surface area is 110 Å². The number of nitrogens with one attached hydrogen (secondary N) is 2.